The van der Waals surface area contributed by atoms with Crippen molar-refractivity contribution in [2.75, 3.05) is 5.75 Å². The minimum atomic E-state index is -2.40. The van der Waals surface area contributed by atoms with E-state index in [1.54, 1.807) is 6.08 Å². The summed E-state index contributed by atoms with van der Waals surface area (Å²) in [6, 6.07) is -0.153. The Kier molecular flexibility index (Phi) is 2.85. The quantitative estimate of drug-likeness (QED) is 0.614. The molecule has 1 rings (SSSR count). The fourth-order valence-electron chi connectivity index (χ4n) is 0.625. The maximum Gasteiger partial charge on any atom is 0.0673 e. The molecule has 9 heavy (non-hydrogen) atoms. The van der Waals surface area contributed by atoms with Crippen molar-refractivity contribution in [2.45, 2.75) is 6.04 Å². The first-order chi connectivity index (χ1) is 3.60. The Morgan fingerprint density at radius 1 is 1.78 bits per heavy atom. The fraction of sp³-hybridized carbons (Fsp3) is 0.500. The molecule has 0 spiro atoms. The highest BCUT2D eigenvalue weighted by atomic mass is 79.9. The van der Waals surface area contributed by atoms with Gasteiger partial charge in [-0.3, -0.25) is 0 Å². The van der Waals surface area contributed by atoms with Crippen LogP contribution in [0.5, 0.6) is 0 Å². The fourth-order valence-corrected chi connectivity index (χ4v) is 1.87. The van der Waals surface area contributed by atoms with Gasteiger partial charge in [0.25, 0.3) is 0 Å². The average molecular weight is 213 g/mol. The van der Waals surface area contributed by atoms with Gasteiger partial charge in [-0.05, 0) is 0 Å². The highest BCUT2D eigenvalue weighted by molar-refractivity contribution is 8.93. The molecule has 0 bridgehead atoms. The lowest BCUT2D eigenvalue weighted by Gasteiger charge is -1.94. The summed E-state index contributed by atoms with van der Waals surface area (Å²) in [4.78, 5) is 0. The third-order valence-corrected chi connectivity index (χ3v) is 2.46. The van der Waals surface area contributed by atoms with E-state index >= 15 is 0 Å². The van der Waals surface area contributed by atoms with Crippen LogP contribution in [0.4, 0.5) is 0 Å². The molecule has 2 unspecified atom stereocenters. The first kappa shape index (κ1) is 9.13. The molecule has 0 saturated heterocycles. The van der Waals surface area contributed by atoms with Gasteiger partial charge in [0.15, 0.2) is 0 Å². The second-order valence-electron chi connectivity index (χ2n) is 1.89. The number of hydrogen-bond donors (Lipinski definition) is 2. The SMILES string of the molecule is Br.N=S1(=O)C=CC(N)C1. The highest BCUT2D eigenvalue weighted by Gasteiger charge is 2.13. The van der Waals surface area contributed by atoms with Crippen LogP contribution in [0.3, 0.4) is 0 Å². The van der Waals surface area contributed by atoms with Crippen LogP contribution in [-0.4, -0.2) is 16.0 Å². The third-order valence-electron chi connectivity index (χ3n) is 0.986. The third kappa shape index (κ3) is 2.47. The van der Waals surface area contributed by atoms with Crippen LogP contribution in [0.25, 0.3) is 0 Å². The van der Waals surface area contributed by atoms with E-state index in [1.807, 2.05) is 0 Å². The summed E-state index contributed by atoms with van der Waals surface area (Å²) in [6.07, 6.45) is 1.62. The molecule has 0 fully saturated rings. The van der Waals surface area contributed by atoms with Crippen molar-refractivity contribution in [1.82, 2.24) is 0 Å². The molecule has 1 aliphatic rings. The number of hydrogen-bond acceptors (Lipinski definition) is 3. The van der Waals surface area contributed by atoms with E-state index in [0.717, 1.165) is 0 Å². The second-order valence-corrected chi connectivity index (χ2v) is 3.94. The van der Waals surface area contributed by atoms with Crippen LogP contribution >= 0.6 is 17.0 Å². The van der Waals surface area contributed by atoms with Gasteiger partial charge < -0.3 is 5.73 Å². The maximum absolute atomic E-state index is 10.7. The van der Waals surface area contributed by atoms with Crippen LogP contribution in [0.1, 0.15) is 0 Å². The Morgan fingerprint density at radius 3 is 2.44 bits per heavy atom. The lowest BCUT2D eigenvalue weighted by atomic mass is 10.4. The molecule has 2 atom stereocenters. The van der Waals surface area contributed by atoms with Gasteiger partial charge in [-0.15, -0.1) is 17.0 Å². The lowest BCUT2D eigenvalue weighted by Crippen LogP contribution is -2.20. The zero-order valence-electron chi connectivity index (χ0n) is 4.74. The molecule has 0 aromatic heterocycles. The lowest BCUT2D eigenvalue weighted by molar-refractivity contribution is 0.680. The smallest absolute Gasteiger partial charge is 0.0673 e. The van der Waals surface area contributed by atoms with Crippen molar-refractivity contribution >= 4 is 26.7 Å². The molecule has 0 aromatic rings. The van der Waals surface area contributed by atoms with Crippen LogP contribution in [0.2, 0.25) is 0 Å². The number of rotatable bonds is 0. The molecule has 0 amide bonds. The van der Waals surface area contributed by atoms with Crippen LogP contribution in [0, 0.1) is 4.78 Å². The van der Waals surface area contributed by atoms with E-state index in [0.29, 0.717) is 5.75 Å². The van der Waals surface area contributed by atoms with Gasteiger partial charge >= 0.3 is 0 Å². The summed E-state index contributed by atoms with van der Waals surface area (Å²) < 4.78 is 17.7. The summed E-state index contributed by atoms with van der Waals surface area (Å²) in [5.74, 6) is 0.299. The topological polar surface area (TPSA) is 66.9 Å². The Morgan fingerprint density at radius 2 is 2.33 bits per heavy atom. The summed E-state index contributed by atoms with van der Waals surface area (Å²) in [7, 11) is -2.40. The highest BCUT2D eigenvalue weighted by Crippen LogP contribution is 2.05. The van der Waals surface area contributed by atoms with E-state index in [1.165, 1.54) is 5.41 Å². The van der Waals surface area contributed by atoms with Crippen LogP contribution in [0.15, 0.2) is 11.5 Å². The van der Waals surface area contributed by atoms with Crippen molar-refractivity contribution < 1.29 is 4.21 Å². The summed E-state index contributed by atoms with van der Waals surface area (Å²) in [5, 5.41) is 1.39. The maximum atomic E-state index is 10.7. The van der Waals surface area contributed by atoms with Gasteiger partial charge in [0.05, 0.1) is 15.5 Å². The summed E-state index contributed by atoms with van der Waals surface area (Å²) in [5.41, 5.74) is 5.32. The molecular weight excluding hydrogens is 204 g/mol. The Bertz CT molecular complexity index is 209. The number of nitrogens with one attached hydrogen (secondary N) is 1. The molecule has 0 saturated carbocycles. The average Bonchev–Trinajstić information content (AvgIpc) is 1.82. The first-order valence-corrected chi connectivity index (χ1v) is 4.09. The Labute approximate surface area is 65.1 Å². The van der Waals surface area contributed by atoms with E-state index in [4.69, 9.17) is 10.5 Å². The largest absolute Gasteiger partial charge is 0.324 e. The molecule has 54 valence electrons. The monoisotopic (exact) mass is 212 g/mol. The predicted octanol–water partition coefficient (Wildman–Crippen LogP) is 0.466. The summed E-state index contributed by atoms with van der Waals surface area (Å²) >= 11 is 0. The molecule has 3 nitrogen and oxygen atoms in total. The van der Waals surface area contributed by atoms with Gasteiger partial charge in [0.1, 0.15) is 0 Å². The predicted molar refractivity (Wildman–Crippen MR) is 43.2 cm³/mol. The van der Waals surface area contributed by atoms with E-state index < -0.39 is 9.73 Å². The molecule has 0 radical (unpaired) electrons. The molecule has 0 aromatic carbocycles. The molecule has 1 heterocycles. The molecule has 1 aliphatic heterocycles. The van der Waals surface area contributed by atoms with Crippen molar-refractivity contribution in [1.29, 1.82) is 4.78 Å². The van der Waals surface area contributed by atoms with Gasteiger partial charge in [-0.25, -0.2) is 8.99 Å². The van der Waals surface area contributed by atoms with E-state index in [-0.39, 0.29) is 23.0 Å². The molecular formula is C4H9BrN2OS. The normalized spacial score (nSPS) is 40.3. The minimum Gasteiger partial charge on any atom is -0.324 e. The molecule has 0 aliphatic carbocycles. The van der Waals surface area contributed by atoms with Crippen molar-refractivity contribution in [2.24, 2.45) is 5.73 Å². The van der Waals surface area contributed by atoms with Crippen molar-refractivity contribution in [3.63, 3.8) is 0 Å². The Hall–Kier alpha value is 0.130. The minimum absolute atomic E-state index is 0. The van der Waals surface area contributed by atoms with Gasteiger partial charge in [0.2, 0.25) is 0 Å². The van der Waals surface area contributed by atoms with Gasteiger partial charge in [-0.1, -0.05) is 6.08 Å². The van der Waals surface area contributed by atoms with Gasteiger partial charge in [-0.2, -0.15) is 0 Å². The van der Waals surface area contributed by atoms with E-state index in [2.05, 4.69) is 0 Å². The number of halogens is 1. The molecule has 5 heteroatoms. The van der Waals surface area contributed by atoms with Crippen molar-refractivity contribution in [3.05, 3.63) is 11.5 Å². The zero-order chi connectivity index (χ0) is 6.20. The zero-order valence-corrected chi connectivity index (χ0v) is 7.27. The summed E-state index contributed by atoms with van der Waals surface area (Å²) in [6.45, 7) is 0. The Balaban J connectivity index is 0.000000640. The first-order valence-electron chi connectivity index (χ1n) is 2.30. The van der Waals surface area contributed by atoms with Crippen LogP contribution in [-0.2, 0) is 9.73 Å². The molecule has 3 N–H and O–H groups in total. The van der Waals surface area contributed by atoms with Crippen LogP contribution < -0.4 is 5.73 Å². The van der Waals surface area contributed by atoms with Crippen molar-refractivity contribution in [3.8, 4) is 0 Å². The standard InChI is InChI=1S/C4H8N2OS.BrH/c5-4-1-2-8(6,7)3-4;/h1-2,4,6H,3,5H2;1H. The second kappa shape index (κ2) is 2.81. The van der Waals surface area contributed by atoms with Gasteiger partial charge in [0, 0.05) is 11.4 Å². The number of nitrogens with two attached hydrogens (primary N) is 1. The van der Waals surface area contributed by atoms with E-state index in [9.17, 15) is 4.21 Å².